The molecular weight excluding hydrogens is 450 g/mol. The minimum absolute atomic E-state index is 0.703. The smallest absolute Gasteiger partial charge is 0.147 e. The van der Waals surface area contributed by atoms with Crippen molar-refractivity contribution in [2.45, 2.75) is 31.7 Å². The molecule has 3 rings (SSSR count). The van der Waals surface area contributed by atoms with Gasteiger partial charge in [0.1, 0.15) is 12.4 Å². The van der Waals surface area contributed by atoms with Gasteiger partial charge in [0.05, 0.1) is 8.95 Å². The molecule has 0 atom stereocenters. The van der Waals surface area contributed by atoms with Crippen LogP contribution in [0.1, 0.15) is 25.7 Å². The highest BCUT2D eigenvalue weighted by atomic mass is 79.9. The molecular formula is C15H18Br3NO. The van der Waals surface area contributed by atoms with Crippen molar-refractivity contribution >= 4 is 47.8 Å². The van der Waals surface area contributed by atoms with Gasteiger partial charge in [0.25, 0.3) is 0 Å². The van der Waals surface area contributed by atoms with Gasteiger partial charge in [-0.3, -0.25) is 0 Å². The molecule has 2 aliphatic carbocycles. The van der Waals surface area contributed by atoms with Crippen LogP contribution < -0.4 is 10.1 Å². The topological polar surface area (TPSA) is 21.3 Å². The summed E-state index contributed by atoms with van der Waals surface area (Å²) in [5.41, 5.74) is 0. The number of benzene rings is 1. The minimum Gasteiger partial charge on any atom is -0.490 e. The number of ether oxygens (including phenoxy) is 1. The summed E-state index contributed by atoms with van der Waals surface area (Å²) in [5, 5.41) is 3.70. The highest BCUT2D eigenvalue weighted by Gasteiger charge is 2.40. The van der Waals surface area contributed by atoms with Crippen LogP contribution in [0, 0.1) is 11.8 Å². The van der Waals surface area contributed by atoms with Crippen molar-refractivity contribution in [3.8, 4) is 5.75 Å². The van der Waals surface area contributed by atoms with Crippen molar-refractivity contribution in [3.05, 3.63) is 25.6 Å². The zero-order valence-electron chi connectivity index (χ0n) is 11.2. The highest BCUT2D eigenvalue weighted by Crippen LogP contribution is 2.44. The normalized spacial score (nSPS) is 18.6. The summed E-state index contributed by atoms with van der Waals surface area (Å²) in [5.74, 6) is 2.76. The molecule has 0 radical (unpaired) electrons. The Morgan fingerprint density at radius 1 is 1.05 bits per heavy atom. The van der Waals surface area contributed by atoms with Crippen molar-refractivity contribution in [3.63, 3.8) is 0 Å². The molecule has 1 aromatic rings. The maximum absolute atomic E-state index is 5.90. The van der Waals surface area contributed by atoms with Crippen LogP contribution >= 0.6 is 47.8 Å². The maximum atomic E-state index is 5.90. The van der Waals surface area contributed by atoms with Crippen LogP contribution in [0.4, 0.5) is 0 Å². The summed E-state index contributed by atoms with van der Waals surface area (Å²) in [6.07, 6.45) is 5.66. The first-order valence-electron chi connectivity index (χ1n) is 7.16. The van der Waals surface area contributed by atoms with Crippen molar-refractivity contribution < 1.29 is 4.74 Å². The van der Waals surface area contributed by atoms with Crippen molar-refractivity contribution in [2.24, 2.45) is 11.8 Å². The first-order valence-corrected chi connectivity index (χ1v) is 9.54. The number of nitrogens with one attached hydrogen (secondary N) is 1. The fourth-order valence-corrected chi connectivity index (χ4v) is 5.16. The van der Waals surface area contributed by atoms with E-state index >= 15 is 0 Å². The molecule has 1 aromatic carbocycles. The summed E-state index contributed by atoms with van der Waals surface area (Å²) in [6, 6.07) is 4.76. The molecule has 2 saturated carbocycles. The Morgan fingerprint density at radius 3 is 2.10 bits per heavy atom. The van der Waals surface area contributed by atoms with Crippen LogP contribution in [-0.2, 0) is 0 Å². The summed E-state index contributed by atoms with van der Waals surface area (Å²) in [4.78, 5) is 0. The van der Waals surface area contributed by atoms with Gasteiger partial charge in [-0.2, -0.15) is 0 Å². The Bertz CT molecular complexity index is 451. The van der Waals surface area contributed by atoms with E-state index in [4.69, 9.17) is 4.74 Å². The third kappa shape index (κ3) is 3.99. The van der Waals surface area contributed by atoms with Gasteiger partial charge in [0, 0.05) is 17.1 Å². The lowest BCUT2D eigenvalue weighted by molar-refractivity contribution is 0.291. The Balaban J connectivity index is 1.47. The Hall–Kier alpha value is 0.420. The Morgan fingerprint density at radius 2 is 1.60 bits per heavy atom. The predicted octanol–water partition coefficient (Wildman–Crippen LogP) is 5.13. The van der Waals surface area contributed by atoms with Crippen LogP contribution in [0.5, 0.6) is 5.75 Å². The van der Waals surface area contributed by atoms with Crippen molar-refractivity contribution in [2.75, 3.05) is 13.2 Å². The van der Waals surface area contributed by atoms with Gasteiger partial charge in [-0.05, 0) is 81.5 Å². The minimum atomic E-state index is 0.703. The second kappa shape index (κ2) is 6.67. The van der Waals surface area contributed by atoms with Crippen molar-refractivity contribution in [1.82, 2.24) is 5.32 Å². The van der Waals surface area contributed by atoms with Gasteiger partial charge in [0.15, 0.2) is 0 Å². The van der Waals surface area contributed by atoms with E-state index in [0.717, 1.165) is 43.6 Å². The lowest BCUT2D eigenvalue weighted by Crippen LogP contribution is -2.36. The fraction of sp³-hybridized carbons (Fsp3) is 0.600. The van der Waals surface area contributed by atoms with Gasteiger partial charge in [-0.25, -0.2) is 0 Å². The zero-order chi connectivity index (χ0) is 14.1. The van der Waals surface area contributed by atoms with E-state index in [2.05, 4.69) is 53.1 Å². The molecule has 2 nitrogen and oxygen atoms in total. The van der Waals surface area contributed by atoms with E-state index in [0.29, 0.717) is 6.61 Å². The molecule has 1 N–H and O–H groups in total. The number of rotatable bonds is 7. The second-order valence-electron chi connectivity index (χ2n) is 5.70. The highest BCUT2D eigenvalue weighted by molar-refractivity contribution is 9.11. The molecule has 0 unspecified atom stereocenters. The molecule has 110 valence electrons. The van der Waals surface area contributed by atoms with E-state index in [9.17, 15) is 0 Å². The summed E-state index contributed by atoms with van der Waals surface area (Å²) >= 11 is 10.5. The average molecular weight is 468 g/mol. The molecule has 0 heterocycles. The molecule has 5 heteroatoms. The van der Waals surface area contributed by atoms with E-state index < -0.39 is 0 Å². The summed E-state index contributed by atoms with van der Waals surface area (Å²) in [7, 11) is 0. The number of hydrogen-bond donors (Lipinski definition) is 1. The van der Waals surface area contributed by atoms with E-state index in [1.54, 1.807) is 0 Å². The zero-order valence-corrected chi connectivity index (χ0v) is 15.9. The van der Waals surface area contributed by atoms with Crippen LogP contribution in [0.3, 0.4) is 0 Å². The van der Waals surface area contributed by atoms with Crippen molar-refractivity contribution in [1.29, 1.82) is 0 Å². The predicted molar refractivity (Wildman–Crippen MR) is 92.3 cm³/mol. The summed E-state index contributed by atoms with van der Waals surface area (Å²) < 4.78 is 8.87. The molecule has 0 aliphatic heterocycles. The summed E-state index contributed by atoms with van der Waals surface area (Å²) in [6.45, 7) is 1.63. The van der Waals surface area contributed by atoms with Gasteiger partial charge in [0.2, 0.25) is 0 Å². The third-order valence-electron chi connectivity index (χ3n) is 3.95. The quantitative estimate of drug-likeness (QED) is 0.561. The fourth-order valence-electron chi connectivity index (χ4n) is 2.67. The van der Waals surface area contributed by atoms with Crippen LogP contribution in [-0.4, -0.2) is 19.2 Å². The number of hydrogen-bond acceptors (Lipinski definition) is 2. The standard InChI is InChI=1S/C15H18Br3NO/c16-11-7-12(17)15(13(18)8-11)20-6-5-19-14(9-1-2-9)10-3-4-10/h7-10,14,19H,1-6H2. The molecule has 0 aromatic heterocycles. The van der Waals surface area contributed by atoms with Crippen LogP contribution in [0.25, 0.3) is 0 Å². The SMILES string of the molecule is Brc1cc(Br)c(OCCNC(C2CC2)C2CC2)c(Br)c1. The lowest BCUT2D eigenvalue weighted by atomic mass is 10.1. The largest absolute Gasteiger partial charge is 0.490 e. The van der Waals surface area contributed by atoms with Gasteiger partial charge >= 0.3 is 0 Å². The third-order valence-corrected chi connectivity index (χ3v) is 5.59. The van der Waals surface area contributed by atoms with Gasteiger partial charge in [-0.15, -0.1) is 0 Å². The van der Waals surface area contributed by atoms with Gasteiger partial charge in [-0.1, -0.05) is 15.9 Å². The number of halogens is 3. The maximum Gasteiger partial charge on any atom is 0.147 e. The molecule has 0 bridgehead atoms. The van der Waals surface area contributed by atoms with E-state index in [-0.39, 0.29) is 0 Å². The molecule has 2 aliphatic rings. The first kappa shape index (κ1) is 15.3. The monoisotopic (exact) mass is 465 g/mol. The van der Waals surface area contributed by atoms with Crippen LogP contribution in [0.2, 0.25) is 0 Å². The lowest BCUT2D eigenvalue weighted by Gasteiger charge is -2.18. The Kier molecular flexibility index (Phi) is 5.11. The Labute approximate surface area is 145 Å². The molecule has 0 spiro atoms. The van der Waals surface area contributed by atoms with Gasteiger partial charge < -0.3 is 10.1 Å². The average Bonchev–Trinajstić information content (AvgIpc) is 3.25. The van der Waals surface area contributed by atoms with Crippen LogP contribution in [0.15, 0.2) is 25.6 Å². The second-order valence-corrected chi connectivity index (χ2v) is 8.33. The first-order chi connectivity index (χ1) is 9.65. The molecule has 0 saturated heterocycles. The van der Waals surface area contributed by atoms with E-state index in [1.807, 2.05) is 12.1 Å². The molecule has 20 heavy (non-hydrogen) atoms. The molecule has 2 fully saturated rings. The molecule has 0 amide bonds. The van der Waals surface area contributed by atoms with E-state index in [1.165, 1.54) is 25.7 Å².